The van der Waals surface area contributed by atoms with E-state index in [1.807, 2.05) is 13.8 Å². The third kappa shape index (κ3) is 6.36. The molecule has 6 nitrogen and oxygen atoms in total. The molecule has 1 aromatic carbocycles. The zero-order valence-corrected chi connectivity index (χ0v) is 14.0. The van der Waals surface area contributed by atoms with Crippen LogP contribution in [0.25, 0.3) is 0 Å². The van der Waals surface area contributed by atoms with Crippen LogP contribution in [0.15, 0.2) is 18.2 Å². The lowest BCUT2D eigenvalue weighted by Crippen LogP contribution is -2.30. The van der Waals surface area contributed by atoms with Gasteiger partial charge in [-0.2, -0.15) is 0 Å². The first-order chi connectivity index (χ1) is 11.4. The van der Waals surface area contributed by atoms with Crippen LogP contribution < -0.4 is 5.32 Å². The Balaban J connectivity index is 2.46. The fraction of sp³-hybridized carbons (Fsp3) is 0.471. The van der Waals surface area contributed by atoms with Crippen molar-refractivity contribution in [1.29, 1.82) is 0 Å². The highest BCUT2D eigenvalue weighted by molar-refractivity contribution is 5.91. The number of nitrogens with zero attached hydrogens (tertiary/aromatic N) is 1. The highest BCUT2D eigenvalue weighted by Gasteiger charge is 2.12. The molecule has 0 radical (unpaired) electrons. The summed E-state index contributed by atoms with van der Waals surface area (Å²) in [6.07, 6.45) is 0.459. The van der Waals surface area contributed by atoms with Crippen LogP contribution in [0.3, 0.4) is 0 Å². The number of aliphatic carboxylic acids is 1. The van der Waals surface area contributed by atoms with Gasteiger partial charge in [-0.1, -0.05) is 6.07 Å². The van der Waals surface area contributed by atoms with Gasteiger partial charge in [0.2, 0.25) is 11.8 Å². The Morgan fingerprint density at radius 3 is 2.38 bits per heavy atom. The van der Waals surface area contributed by atoms with Crippen molar-refractivity contribution in [2.75, 3.05) is 18.4 Å². The van der Waals surface area contributed by atoms with E-state index in [1.54, 1.807) is 4.90 Å². The summed E-state index contributed by atoms with van der Waals surface area (Å²) in [5.74, 6) is -2.10. The van der Waals surface area contributed by atoms with E-state index in [9.17, 15) is 18.8 Å². The van der Waals surface area contributed by atoms with Gasteiger partial charge >= 0.3 is 5.97 Å². The summed E-state index contributed by atoms with van der Waals surface area (Å²) in [5.41, 5.74) is 0.326. The average molecular weight is 338 g/mol. The molecule has 0 aromatic heterocycles. The first-order valence-electron chi connectivity index (χ1n) is 7.95. The number of hydrogen-bond donors (Lipinski definition) is 2. The number of carboxylic acid groups (broad SMARTS) is 1. The number of carbonyl (C=O) groups is 3. The van der Waals surface area contributed by atoms with Crippen molar-refractivity contribution in [3.8, 4) is 0 Å². The van der Waals surface area contributed by atoms with E-state index < -0.39 is 18.2 Å². The molecule has 0 saturated heterocycles. The number of benzene rings is 1. The predicted octanol–water partition coefficient (Wildman–Crippen LogP) is 2.43. The second-order valence-corrected chi connectivity index (χ2v) is 5.34. The molecule has 0 aliphatic carbocycles. The van der Waals surface area contributed by atoms with E-state index in [4.69, 9.17) is 5.11 Å². The second-order valence-electron chi connectivity index (χ2n) is 5.34. The van der Waals surface area contributed by atoms with Crippen molar-refractivity contribution in [3.05, 3.63) is 29.6 Å². The van der Waals surface area contributed by atoms with Gasteiger partial charge in [-0.3, -0.25) is 14.4 Å². The van der Waals surface area contributed by atoms with Crippen molar-refractivity contribution in [2.45, 2.75) is 39.5 Å². The van der Waals surface area contributed by atoms with Gasteiger partial charge in [0.15, 0.2) is 0 Å². The molecule has 0 bridgehead atoms. The van der Waals surface area contributed by atoms with E-state index in [0.29, 0.717) is 25.9 Å². The summed E-state index contributed by atoms with van der Waals surface area (Å²) in [5, 5.41) is 11.2. The number of amides is 2. The Morgan fingerprint density at radius 2 is 1.83 bits per heavy atom. The smallest absolute Gasteiger partial charge is 0.307 e. The number of carbonyl (C=O) groups excluding carboxylic acids is 2. The molecule has 0 unspecified atom stereocenters. The number of hydrogen-bond acceptors (Lipinski definition) is 3. The largest absolute Gasteiger partial charge is 0.481 e. The highest BCUT2D eigenvalue weighted by atomic mass is 19.1. The minimum absolute atomic E-state index is 0.0110. The summed E-state index contributed by atoms with van der Waals surface area (Å²) in [6.45, 7) is 5.08. The van der Waals surface area contributed by atoms with Gasteiger partial charge in [-0.25, -0.2) is 4.39 Å². The van der Waals surface area contributed by atoms with Gasteiger partial charge in [0.05, 0.1) is 6.42 Å². The van der Waals surface area contributed by atoms with Crippen LogP contribution in [0.5, 0.6) is 0 Å². The maximum atomic E-state index is 13.7. The molecule has 1 aromatic rings. The third-order valence-electron chi connectivity index (χ3n) is 3.59. The molecule has 0 saturated carbocycles. The van der Waals surface area contributed by atoms with Crippen molar-refractivity contribution in [2.24, 2.45) is 0 Å². The Labute approximate surface area is 140 Å². The first-order valence-corrected chi connectivity index (χ1v) is 7.95. The summed E-state index contributed by atoms with van der Waals surface area (Å²) in [7, 11) is 0. The molecule has 2 amide bonds. The zero-order chi connectivity index (χ0) is 18.1. The standard InChI is InChI=1S/C17H23FN2O4/c1-3-20(4-2)16(22)7-5-6-15(21)19-13-9-8-12(10-17(23)24)14(18)11-13/h8-9,11H,3-7,10H2,1-2H3,(H,19,21)(H,23,24). The fourth-order valence-corrected chi connectivity index (χ4v) is 2.29. The van der Waals surface area contributed by atoms with E-state index in [0.717, 1.165) is 6.07 Å². The summed E-state index contributed by atoms with van der Waals surface area (Å²) < 4.78 is 13.7. The monoisotopic (exact) mass is 338 g/mol. The van der Waals surface area contributed by atoms with E-state index in [-0.39, 0.29) is 29.5 Å². The van der Waals surface area contributed by atoms with Gasteiger partial charge in [0, 0.05) is 31.6 Å². The van der Waals surface area contributed by atoms with Gasteiger partial charge < -0.3 is 15.3 Å². The maximum Gasteiger partial charge on any atom is 0.307 e. The Morgan fingerprint density at radius 1 is 1.17 bits per heavy atom. The van der Waals surface area contributed by atoms with Gasteiger partial charge in [0.25, 0.3) is 0 Å². The molecule has 0 heterocycles. The number of nitrogens with one attached hydrogen (secondary N) is 1. The molecule has 0 fully saturated rings. The molecule has 0 spiro atoms. The number of halogens is 1. The third-order valence-corrected chi connectivity index (χ3v) is 3.59. The molecule has 132 valence electrons. The Hall–Kier alpha value is -2.44. The molecule has 1 rings (SSSR count). The average Bonchev–Trinajstić information content (AvgIpc) is 2.51. The number of carboxylic acids is 1. The maximum absolute atomic E-state index is 13.7. The van der Waals surface area contributed by atoms with Crippen LogP contribution in [0.1, 0.15) is 38.7 Å². The fourth-order valence-electron chi connectivity index (χ4n) is 2.29. The highest BCUT2D eigenvalue weighted by Crippen LogP contribution is 2.16. The lowest BCUT2D eigenvalue weighted by Gasteiger charge is -2.18. The number of anilines is 1. The minimum Gasteiger partial charge on any atom is -0.481 e. The van der Waals surface area contributed by atoms with Crippen molar-refractivity contribution >= 4 is 23.5 Å². The molecule has 7 heteroatoms. The topological polar surface area (TPSA) is 86.7 Å². The zero-order valence-electron chi connectivity index (χ0n) is 14.0. The molecule has 0 atom stereocenters. The van der Waals surface area contributed by atoms with Crippen LogP contribution in [0.2, 0.25) is 0 Å². The molecular formula is C17H23FN2O4. The molecular weight excluding hydrogens is 315 g/mol. The minimum atomic E-state index is -1.12. The lowest BCUT2D eigenvalue weighted by molar-refractivity contribution is -0.136. The molecule has 2 N–H and O–H groups in total. The second kappa shape index (κ2) is 9.64. The predicted molar refractivity (Wildman–Crippen MR) is 88.1 cm³/mol. The SMILES string of the molecule is CCN(CC)C(=O)CCCC(=O)Nc1ccc(CC(=O)O)c(F)c1. The van der Waals surface area contributed by atoms with E-state index >= 15 is 0 Å². The van der Waals surface area contributed by atoms with E-state index in [2.05, 4.69) is 5.32 Å². The van der Waals surface area contributed by atoms with Crippen molar-refractivity contribution in [3.63, 3.8) is 0 Å². The normalized spacial score (nSPS) is 10.3. The molecule has 0 aliphatic rings. The molecule has 24 heavy (non-hydrogen) atoms. The van der Waals surface area contributed by atoms with Crippen LogP contribution in [0.4, 0.5) is 10.1 Å². The van der Waals surface area contributed by atoms with Crippen LogP contribution >= 0.6 is 0 Å². The van der Waals surface area contributed by atoms with Gasteiger partial charge in [-0.15, -0.1) is 0 Å². The summed E-state index contributed by atoms with van der Waals surface area (Å²) >= 11 is 0. The van der Waals surface area contributed by atoms with E-state index in [1.165, 1.54) is 12.1 Å². The van der Waals surface area contributed by atoms with Crippen LogP contribution in [-0.2, 0) is 20.8 Å². The quantitative estimate of drug-likeness (QED) is 0.724. The Bertz CT molecular complexity index is 600. The van der Waals surface area contributed by atoms with Crippen LogP contribution in [0, 0.1) is 5.82 Å². The van der Waals surface area contributed by atoms with Crippen LogP contribution in [-0.4, -0.2) is 40.9 Å². The summed E-state index contributed by atoms with van der Waals surface area (Å²) in [4.78, 5) is 35.9. The number of rotatable bonds is 9. The van der Waals surface area contributed by atoms with Crippen molar-refractivity contribution in [1.82, 2.24) is 4.90 Å². The summed E-state index contributed by atoms with van der Waals surface area (Å²) in [6, 6.07) is 3.89. The molecule has 0 aliphatic heterocycles. The Kier molecular flexibility index (Phi) is 7.88. The van der Waals surface area contributed by atoms with Gasteiger partial charge in [0.1, 0.15) is 5.82 Å². The van der Waals surface area contributed by atoms with Gasteiger partial charge in [-0.05, 0) is 38.0 Å². The first kappa shape index (κ1) is 19.6. The van der Waals surface area contributed by atoms with Crippen molar-refractivity contribution < 1.29 is 23.9 Å². The lowest BCUT2D eigenvalue weighted by atomic mass is 10.1.